The molecule has 0 saturated carbocycles. The quantitative estimate of drug-likeness (QED) is 0.655. The lowest BCUT2D eigenvalue weighted by molar-refractivity contribution is 0.338. The molecule has 0 saturated heterocycles. The molecule has 1 aromatic carbocycles. The van der Waals surface area contributed by atoms with Gasteiger partial charge in [-0.05, 0) is 29.4 Å². The third-order valence-corrected chi connectivity index (χ3v) is 4.77. The van der Waals surface area contributed by atoms with E-state index in [1.807, 2.05) is 6.07 Å². The Morgan fingerprint density at radius 1 is 1.24 bits per heavy atom. The molecule has 92 valence electrons. The van der Waals surface area contributed by atoms with Gasteiger partial charge in [-0.1, -0.05) is 49.8 Å². The Bertz CT molecular complexity index is 418. The van der Waals surface area contributed by atoms with Crippen molar-refractivity contribution in [2.24, 2.45) is 5.41 Å². The van der Waals surface area contributed by atoms with Gasteiger partial charge in [-0.15, -0.1) is 23.2 Å². The van der Waals surface area contributed by atoms with Gasteiger partial charge < -0.3 is 0 Å². The third-order valence-electron chi connectivity index (χ3n) is 3.64. The lowest BCUT2D eigenvalue weighted by Crippen LogP contribution is -2.30. The summed E-state index contributed by atoms with van der Waals surface area (Å²) >= 11 is 12.7. The summed E-state index contributed by atoms with van der Waals surface area (Å²) in [7, 11) is 0. The monoisotopic (exact) mass is 268 g/mol. The number of halogens is 2. The highest BCUT2D eigenvalue weighted by molar-refractivity contribution is 6.28. The molecule has 0 fully saturated rings. The van der Waals surface area contributed by atoms with Gasteiger partial charge in [0.2, 0.25) is 0 Å². The van der Waals surface area contributed by atoms with Crippen LogP contribution in [0.15, 0.2) is 35.9 Å². The summed E-state index contributed by atoms with van der Waals surface area (Å²) in [6, 6.07) is 10.4. The maximum atomic E-state index is 6.67. The van der Waals surface area contributed by atoms with Crippen molar-refractivity contribution in [2.45, 2.75) is 32.1 Å². The van der Waals surface area contributed by atoms with Gasteiger partial charge in [-0.2, -0.15) is 0 Å². The van der Waals surface area contributed by atoms with Crippen molar-refractivity contribution in [3.8, 4) is 0 Å². The van der Waals surface area contributed by atoms with E-state index in [2.05, 4.69) is 38.1 Å². The van der Waals surface area contributed by atoms with Crippen LogP contribution in [0, 0.1) is 5.41 Å². The average Bonchev–Trinajstić information content (AvgIpc) is 2.33. The van der Waals surface area contributed by atoms with Crippen molar-refractivity contribution in [2.75, 3.05) is 5.88 Å². The Hall–Kier alpha value is -0.460. The molecule has 0 heterocycles. The second-order valence-electron chi connectivity index (χ2n) is 5.37. The topological polar surface area (TPSA) is 0 Å². The van der Waals surface area contributed by atoms with Crippen LogP contribution in [0.3, 0.4) is 0 Å². The molecule has 0 nitrogen and oxygen atoms in total. The van der Waals surface area contributed by atoms with E-state index in [1.54, 1.807) is 0 Å². The van der Waals surface area contributed by atoms with Crippen molar-refractivity contribution in [1.29, 1.82) is 0 Å². The largest absolute Gasteiger partial charge is 0.122 e. The van der Waals surface area contributed by atoms with Crippen LogP contribution in [0.25, 0.3) is 5.57 Å². The molecule has 0 bridgehead atoms. The Labute approximate surface area is 114 Å². The van der Waals surface area contributed by atoms with Crippen molar-refractivity contribution in [1.82, 2.24) is 0 Å². The van der Waals surface area contributed by atoms with Crippen molar-refractivity contribution in [3.63, 3.8) is 0 Å². The van der Waals surface area contributed by atoms with Gasteiger partial charge in [-0.3, -0.25) is 0 Å². The predicted octanol–water partition coefficient (Wildman–Crippen LogP) is 5.11. The summed E-state index contributed by atoms with van der Waals surface area (Å²) in [6.45, 7) is 4.47. The van der Waals surface area contributed by atoms with Crippen molar-refractivity contribution >= 4 is 28.8 Å². The van der Waals surface area contributed by atoms with Gasteiger partial charge in [0.1, 0.15) is 0 Å². The molecule has 0 radical (unpaired) electrons. The average molecular weight is 269 g/mol. The zero-order valence-electron chi connectivity index (χ0n) is 10.3. The highest BCUT2D eigenvalue weighted by Crippen LogP contribution is 2.46. The van der Waals surface area contributed by atoms with Crippen LogP contribution in [-0.4, -0.2) is 11.3 Å². The van der Waals surface area contributed by atoms with Crippen LogP contribution in [0.4, 0.5) is 0 Å². The molecule has 17 heavy (non-hydrogen) atoms. The van der Waals surface area contributed by atoms with E-state index >= 15 is 0 Å². The molecule has 1 aliphatic carbocycles. The van der Waals surface area contributed by atoms with Gasteiger partial charge in [0, 0.05) is 5.88 Å². The highest BCUT2D eigenvalue weighted by Gasteiger charge is 2.36. The van der Waals surface area contributed by atoms with Crippen molar-refractivity contribution in [3.05, 3.63) is 41.5 Å². The van der Waals surface area contributed by atoms with E-state index in [9.17, 15) is 0 Å². The van der Waals surface area contributed by atoms with Crippen LogP contribution >= 0.6 is 23.2 Å². The minimum absolute atomic E-state index is 0.0485. The van der Waals surface area contributed by atoms with Gasteiger partial charge in [0.15, 0.2) is 0 Å². The molecule has 0 N–H and O–H groups in total. The van der Waals surface area contributed by atoms with Gasteiger partial charge >= 0.3 is 0 Å². The fraction of sp³-hybridized carbons (Fsp3) is 0.467. The number of allylic oxidation sites excluding steroid dienone is 2. The van der Waals surface area contributed by atoms with E-state index in [-0.39, 0.29) is 10.8 Å². The summed E-state index contributed by atoms with van der Waals surface area (Å²) in [5, 5.41) is 0.0485. The van der Waals surface area contributed by atoms with E-state index < -0.39 is 0 Å². The van der Waals surface area contributed by atoms with Crippen molar-refractivity contribution < 1.29 is 0 Å². The summed E-state index contributed by atoms with van der Waals surface area (Å²) < 4.78 is 0. The minimum atomic E-state index is 0.0485. The Kier molecular flexibility index (Phi) is 3.85. The summed E-state index contributed by atoms with van der Waals surface area (Å²) in [5.41, 5.74) is 3.91. The normalized spacial score (nSPS) is 23.9. The minimum Gasteiger partial charge on any atom is -0.122 e. The first kappa shape index (κ1) is 13.0. The van der Waals surface area contributed by atoms with E-state index in [4.69, 9.17) is 23.2 Å². The van der Waals surface area contributed by atoms with Crippen LogP contribution in [0.1, 0.15) is 32.3 Å². The number of benzene rings is 1. The number of rotatable bonds is 2. The van der Waals surface area contributed by atoms with Crippen LogP contribution in [0.5, 0.6) is 0 Å². The zero-order chi connectivity index (χ0) is 12.5. The van der Waals surface area contributed by atoms with Crippen LogP contribution < -0.4 is 0 Å². The van der Waals surface area contributed by atoms with Crippen LogP contribution in [-0.2, 0) is 0 Å². The van der Waals surface area contributed by atoms with Crippen LogP contribution in [0.2, 0.25) is 0 Å². The zero-order valence-corrected chi connectivity index (χ0v) is 11.9. The maximum absolute atomic E-state index is 6.67. The molecule has 0 amide bonds. The molecule has 1 atom stereocenters. The summed E-state index contributed by atoms with van der Waals surface area (Å²) in [4.78, 5) is 0. The van der Waals surface area contributed by atoms with Gasteiger partial charge in [0.25, 0.3) is 0 Å². The predicted molar refractivity (Wildman–Crippen MR) is 76.7 cm³/mol. The van der Waals surface area contributed by atoms with E-state index in [1.165, 1.54) is 16.7 Å². The fourth-order valence-electron chi connectivity index (χ4n) is 2.41. The molecule has 1 unspecified atom stereocenters. The fourth-order valence-corrected chi connectivity index (χ4v) is 3.08. The smallest absolute Gasteiger partial charge is 0.0642 e. The molecular weight excluding hydrogens is 251 g/mol. The Morgan fingerprint density at radius 2 is 1.88 bits per heavy atom. The second kappa shape index (κ2) is 5.04. The lowest BCUT2D eigenvalue weighted by Gasteiger charge is -2.38. The summed E-state index contributed by atoms with van der Waals surface area (Å²) in [6.07, 6.45) is 2.17. The number of hydrogen-bond donors (Lipinski definition) is 0. The Balaban J connectivity index is 2.49. The molecule has 2 rings (SSSR count). The molecule has 1 aliphatic rings. The molecule has 0 spiro atoms. The first-order chi connectivity index (χ1) is 8.06. The number of alkyl halides is 2. The van der Waals surface area contributed by atoms with E-state index in [0.717, 1.165) is 12.8 Å². The second-order valence-corrected chi connectivity index (χ2v) is 6.07. The highest BCUT2D eigenvalue weighted by atomic mass is 35.5. The molecule has 0 aromatic heterocycles. The van der Waals surface area contributed by atoms with Gasteiger partial charge in [0.05, 0.1) is 5.38 Å². The molecule has 1 aromatic rings. The molecule has 2 heteroatoms. The molecular formula is C15H18Cl2. The SMILES string of the molecule is CC1(C)CCC(CCl)=C(c2ccccc2)C1Cl. The lowest BCUT2D eigenvalue weighted by atomic mass is 9.72. The molecule has 0 aliphatic heterocycles. The standard InChI is InChI=1S/C15H18Cl2/c1-15(2)9-8-12(10-16)13(14(15)17)11-6-4-3-5-7-11/h3-7,14H,8-10H2,1-2H3. The number of hydrogen-bond acceptors (Lipinski definition) is 0. The van der Waals surface area contributed by atoms with Gasteiger partial charge in [-0.25, -0.2) is 0 Å². The third kappa shape index (κ3) is 2.53. The first-order valence-corrected chi connectivity index (χ1v) is 7.01. The maximum Gasteiger partial charge on any atom is 0.0642 e. The first-order valence-electron chi connectivity index (χ1n) is 6.03. The Morgan fingerprint density at radius 3 is 2.47 bits per heavy atom. The van der Waals surface area contributed by atoms with E-state index in [0.29, 0.717) is 5.88 Å². The summed E-state index contributed by atoms with van der Waals surface area (Å²) in [5.74, 6) is 0.587.